The highest BCUT2D eigenvalue weighted by atomic mass is 127. The highest BCUT2D eigenvalue weighted by Crippen LogP contribution is 2.30. The maximum Gasteiger partial charge on any atom is 0.191 e. The van der Waals surface area contributed by atoms with E-state index in [-0.39, 0.29) is 29.8 Å². The molecule has 0 amide bonds. The lowest BCUT2D eigenvalue weighted by molar-refractivity contribution is 0.297. The fourth-order valence-electron chi connectivity index (χ4n) is 2.54. The molecule has 0 radical (unpaired) electrons. The largest absolute Gasteiger partial charge is 0.490 e. The van der Waals surface area contributed by atoms with E-state index < -0.39 is 0 Å². The van der Waals surface area contributed by atoms with Crippen LogP contribution in [0.1, 0.15) is 17.5 Å². The van der Waals surface area contributed by atoms with E-state index in [0.717, 1.165) is 23.5 Å². The van der Waals surface area contributed by atoms with E-state index in [1.807, 2.05) is 24.3 Å². The van der Waals surface area contributed by atoms with Crippen LogP contribution in [0.2, 0.25) is 0 Å². The summed E-state index contributed by atoms with van der Waals surface area (Å²) in [4.78, 5) is 4.17. The van der Waals surface area contributed by atoms with Crippen LogP contribution in [0.15, 0.2) is 47.5 Å². The summed E-state index contributed by atoms with van der Waals surface area (Å²) in [6.45, 7) is 2.29. The lowest BCUT2D eigenvalue weighted by Gasteiger charge is -2.13. The zero-order valence-electron chi connectivity index (χ0n) is 14.6. The SMILES string of the molecule is CN=C(NCc1ccc2c(c1)OCCCO2)NCc1ccccc1F.I. The van der Waals surface area contributed by atoms with Gasteiger partial charge in [0.15, 0.2) is 17.5 Å². The molecule has 0 saturated heterocycles. The van der Waals surface area contributed by atoms with Gasteiger partial charge in [-0.05, 0) is 23.8 Å². The summed E-state index contributed by atoms with van der Waals surface area (Å²) >= 11 is 0. The van der Waals surface area contributed by atoms with Crippen molar-refractivity contribution in [2.24, 2.45) is 4.99 Å². The van der Waals surface area contributed by atoms with E-state index in [9.17, 15) is 4.39 Å². The third kappa shape index (κ3) is 5.48. The molecule has 0 bridgehead atoms. The molecule has 2 aromatic carbocycles. The Kier molecular flexibility index (Phi) is 7.96. The highest BCUT2D eigenvalue weighted by molar-refractivity contribution is 14.0. The normalized spacial score (nSPS) is 13.4. The van der Waals surface area contributed by atoms with Gasteiger partial charge in [0.05, 0.1) is 13.2 Å². The minimum Gasteiger partial charge on any atom is -0.490 e. The average molecular weight is 471 g/mol. The van der Waals surface area contributed by atoms with Gasteiger partial charge in [-0.25, -0.2) is 4.39 Å². The van der Waals surface area contributed by atoms with Gasteiger partial charge in [-0.15, -0.1) is 24.0 Å². The van der Waals surface area contributed by atoms with Gasteiger partial charge in [0.25, 0.3) is 0 Å². The zero-order valence-corrected chi connectivity index (χ0v) is 17.0. The molecule has 0 spiro atoms. The van der Waals surface area contributed by atoms with Crippen molar-refractivity contribution < 1.29 is 13.9 Å². The molecule has 140 valence electrons. The summed E-state index contributed by atoms with van der Waals surface area (Å²) in [7, 11) is 1.69. The quantitative estimate of drug-likeness (QED) is 0.408. The number of guanidine groups is 1. The van der Waals surface area contributed by atoms with Crippen LogP contribution in [0.5, 0.6) is 11.5 Å². The van der Waals surface area contributed by atoms with Gasteiger partial charge in [-0.1, -0.05) is 24.3 Å². The lowest BCUT2D eigenvalue weighted by atomic mass is 10.2. The van der Waals surface area contributed by atoms with Crippen LogP contribution in [-0.2, 0) is 13.1 Å². The van der Waals surface area contributed by atoms with E-state index in [4.69, 9.17) is 9.47 Å². The number of fused-ring (bicyclic) bond motifs is 1. The number of ether oxygens (including phenoxy) is 2. The maximum atomic E-state index is 13.7. The molecule has 2 aromatic rings. The van der Waals surface area contributed by atoms with Gasteiger partial charge < -0.3 is 20.1 Å². The van der Waals surface area contributed by atoms with E-state index in [1.165, 1.54) is 6.07 Å². The van der Waals surface area contributed by atoms with Gasteiger partial charge in [0.2, 0.25) is 0 Å². The average Bonchev–Trinajstić information content (AvgIpc) is 2.88. The lowest BCUT2D eigenvalue weighted by Crippen LogP contribution is -2.36. The number of nitrogens with zero attached hydrogens (tertiary/aromatic N) is 1. The topological polar surface area (TPSA) is 54.9 Å². The van der Waals surface area contributed by atoms with Crippen molar-refractivity contribution in [3.63, 3.8) is 0 Å². The van der Waals surface area contributed by atoms with Gasteiger partial charge in [0, 0.05) is 32.1 Å². The molecule has 0 aromatic heterocycles. The van der Waals surface area contributed by atoms with E-state index in [0.29, 0.717) is 37.8 Å². The number of nitrogens with one attached hydrogen (secondary N) is 2. The Morgan fingerprint density at radius 2 is 1.77 bits per heavy atom. The van der Waals surface area contributed by atoms with Crippen molar-refractivity contribution in [2.75, 3.05) is 20.3 Å². The van der Waals surface area contributed by atoms with Crippen molar-refractivity contribution in [3.05, 3.63) is 59.4 Å². The molecule has 7 heteroatoms. The first-order valence-electron chi connectivity index (χ1n) is 8.32. The molecule has 0 aliphatic carbocycles. The summed E-state index contributed by atoms with van der Waals surface area (Å²) in [5.41, 5.74) is 1.65. The summed E-state index contributed by atoms with van der Waals surface area (Å²) < 4.78 is 25.0. The number of hydrogen-bond donors (Lipinski definition) is 2. The second-order valence-electron chi connectivity index (χ2n) is 5.70. The monoisotopic (exact) mass is 471 g/mol. The molecular formula is C19H23FIN3O2. The first-order chi connectivity index (χ1) is 12.3. The van der Waals surface area contributed by atoms with Crippen LogP contribution < -0.4 is 20.1 Å². The number of rotatable bonds is 4. The predicted octanol–water partition coefficient (Wildman–Crippen LogP) is 3.47. The zero-order chi connectivity index (χ0) is 17.5. The van der Waals surface area contributed by atoms with E-state index in [1.54, 1.807) is 19.2 Å². The van der Waals surface area contributed by atoms with Crippen molar-refractivity contribution in [1.29, 1.82) is 0 Å². The summed E-state index contributed by atoms with van der Waals surface area (Å²) in [5.74, 6) is 1.93. The van der Waals surface area contributed by atoms with Gasteiger partial charge in [0.1, 0.15) is 5.82 Å². The third-order valence-corrected chi connectivity index (χ3v) is 3.90. The number of hydrogen-bond acceptors (Lipinski definition) is 3. The highest BCUT2D eigenvalue weighted by Gasteiger charge is 2.11. The Bertz CT molecular complexity index is 755. The molecular weight excluding hydrogens is 448 g/mol. The van der Waals surface area contributed by atoms with Crippen LogP contribution in [0, 0.1) is 5.82 Å². The molecule has 1 aliphatic rings. The smallest absolute Gasteiger partial charge is 0.191 e. The first kappa shape index (κ1) is 20.3. The van der Waals surface area contributed by atoms with Crippen LogP contribution >= 0.6 is 24.0 Å². The minimum atomic E-state index is -0.228. The van der Waals surface area contributed by atoms with Crippen LogP contribution in [0.25, 0.3) is 0 Å². The molecule has 0 saturated carbocycles. The molecule has 1 aliphatic heterocycles. The molecule has 0 fully saturated rings. The van der Waals surface area contributed by atoms with Gasteiger partial charge in [-0.3, -0.25) is 4.99 Å². The second kappa shape index (κ2) is 10.2. The Balaban J connectivity index is 0.00000243. The minimum absolute atomic E-state index is 0. The molecule has 3 rings (SSSR count). The fourth-order valence-corrected chi connectivity index (χ4v) is 2.54. The van der Waals surface area contributed by atoms with Crippen molar-refractivity contribution in [2.45, 2.75) is 19.5 Å². The van der Waals surface area contributed by atoms with Crippen molar-refractivity contribution >= 4 is 29.9 Å². The molecule has 5 nitrogen and oxygen atoms in total. The summed E-state index contributed by atoms with van der Waals surface area (Å²) in [5, 5.41) is 6.33. The first-order valence-corrected chi connectivity index (χ1v) is 8.32. The third-order valence-electron chi connectivity index (χ3n) is 3.90. The Hall–Kier alpha value is -2.03. The molecule has 0 atom stereocenters. The van der Waals surface area contributed by atoms with Crippen LogP contribution in [-0.4, -0.2) is 26.2 Å². The number of aliphatic imine (C=N–C) groups is 1. The summed E-state index contributed by atoms with van der Waals surface area (Å²) in [6, 6.07) is 12.6. The predicted molar refractivity (Wildman–Crippen MR) is 111 cm³/mol. The fraction of sp³-hybridized carbons (Fsp3) is 0.316. The Morgan fingerprint density at radius 3 is 2.54 bits per heavy atom. The van der Waals surface area contributed by atoms with Crippen LogP contribution in [0.3, 0.4) is 0 Å². The molecule has 0 unspecified atom stereocenters. The van der Waals surface area contributed by atoms with E-state index >= 15 is 0 Å². The van der Waals surface area contributed by atoms with Gasteiger partial charge in [-0.2, -0.15) is 0 Å². The van der Waals surface area contributed by atoms with E-state index in [2.05, 4.69) is 15.6 Å². The number of benzene rings is 2. The van der Waals surface area contributed by atoms with Crippen molar-refractivity contribution in [1.82, 2.24) is 10.6 Å². The second-order valence-corrected chi connectivity index (χ2v) is 5.70. The molecule has 26 heavy (non-hydrogen) atoms. The van der Waals surface area contributed by atoms with Crippen LogP contribution in [0.4, 0.5) is 4.39 Å². The standard InChI is InChI=1S/C19H22FN3O2.HI/c1-21-19(23-13-15-5-2-3-6-16(15)20)22-12-14-7-8-17-18(11-14)25-10-4-9-24-17;/h2-3,5-8,11H,4,9-10,12-13H2,1H3,(H2,21,22,23);1H. The van der Waals surface area contributed by atoms with Crippen molar-refractivity contribution in [3.8, 4) is 11.5 Å². The Morgan fingerprint density at radius 1 is 1.04 bits per heavy atom. The maximum absolute atomic E-state index is 13.7. The summed E-state index contributed by atoms with van der Waals surface area (Å²) in [6.07, 6.45) is 0.884. The molecule has 1 heterocycles. The Labute approximate surface area is 170 Å². The number of halogens is 2. The molecule has 2 N–H and O–H groups in total. The van der Waals surface area contributed by atoms with Gasteiger partial charge >= 0.3 is 0 Å².